The van der Waals surface area contributed by atoms with Crippen molar-refractivity contribution in [3.8, 4) is 0 Å². The molecule has 54 heavy (non-hydrogen) atoms. The van der Waals surface area contributed by atoms with Crippen molar-refractivity contribution in [2.24, 2.45) is 11.8 Å². The first kappa shape index (κ1) is 44.9. The molecule has 0 radical (unpaired) electrons. The fourth-order valence-corrected chi connectivity index (χ4v) is 5.95. The smallest absolute Gasteiger partial charge is 0.336 e. The predicted octanol–water partition coefficient (Wildman–Crippen LogP) is 1.79. The van der Waals surface area contributed by atoms with Crippen molar-refractivity contribution >= 4 is 47.5 Å². The molecule has 1 aromatic carbocycles. The summed E-state index contributed by atoms with van der Waals surface area (Å²) >= 11 is 0. The van der Waals surface area contributed by atoms with Crippen LogP contribution < -0.4 is 21.4 Å². The SMILES string of the molecule is CCCN(NC(=O)[C@@H]1CCCN1C(=O)[C@@H](NC(=O)[C@H]([C@@H](C)CC)N(O)C(=O)[C@@H](CC(=O)O)NC(=O)CCC(=O)O)C(C)C)C(=O)N[C@@H](C)c1ccccc1. The Bertz CT molecular complexity index is 1490. The minimum atomic E-state index is -1.84. The summed E-state index contributed by atoms with van der Waals surface area (Å²) in [7, 11) is 0. The Hall–Kier alpha value is -5.26. The first-order valence-corrected chi connectivity index (χ1v) is 18.2. The van der Waals surface area contributed by atoms with Crippen LogP contribution in [-0.2, 0) is 33.6 Å². The Morgan fingerprint density at radius 1 is 0.889 bits per heavy atom. The van der Waals surface area contributed by atoms with E-state index in [4.69, 9.17) is 5.11 Å². The first-order chi connectivity index (χ1) is 25.4. The summed E-state index contributed by atoms with van der Waals surface area (Å²) in [5, 5.41) is 38.1. The molecule has 1 aliphatic rings. The van der Waals surface area contributed by atoms with Crippen molar-refractivity contribution in [1.29, 1.82) is 0 Å². The molecule has 7 amide bonds. The molecule has 2 rings (SSSR count). The molecule has 0 saturated carbocycles. The minimum absolute atomic E-state index is 0.0363. The largest absolute Gasteiger partial charge is 0.481 e. The fourth-order valence-electron chi connectivity index (χ4n) is 5.95. The topological polar surface area (TPSA) is 255 Å². The highest BCUT2D eigenvalue weighted by Gasteiger charge is 2.43. The van der Waals surface area contributed by atoms with Gasteiger partial charge < -0.3 is 31.1 Å². The molecule has 18 nitrogen and oxygen atoms in total. The summed E-state index contributed by atoms with van der Waals surface area (Å²) < 4.78 is 0. The van der Waals surface area contributed by atoms with Gasteiger partial charge in [-0.05, 0) is 43.6 Å². The predicted molar refractivity (Wildman–Crippen MR) is 193 cm³/mol. The van der Waals surface area contributed by atoms with Crippen LogP contribution in [0.5, 0.6) is 0 Å². The number of nitrogens with zero attached hydrogens (tertiary/aromatic N) is 3. The summed E-state index contributed by atoms with van der Waals surface area (Å²) in [6.45, 7) is 10.6. The first-order valence-electron chi connectivity index (χ1n) is 18.2. The van der Waals surface area contributed by atoms with Crippen molar-refractivity contribution in [2.45, 2.75) is 117 Å². The molecule has 300 valence electrons. The van der Waals surface area contributed by atoms with Gasteiger partial charge in [0.15, 0.2) is 0 Å². The average molecular weight is 762 g/mol. The lowest BCUT2D eigenvalue weighted by molar-refractivity contribution is -0.187. The molecule has 1 aliphatic heterocycles. The maximum absolute atomic E-state index is 14.1. The molecule has 0 spiro atoms. The van der Waals surface area contributed by atoms with E-state index in [0.717, 1.165) is 5.56 Å². The second kappa shape index (κ2) is 21.4. The monoisotopic (exact) mass is 761 g/mol. The number of hydrogen-bond acceptors (Lipinski definition) is 9. The third-order valence-corrected chi connectivity index (χ3v) is 9.16. The van der Waals surface area contributed by atoms with Crippen LogP contribution in [0, 0.1) is 11.8 Å². The van der Waals surface area contributed by atoms with E-state index in [9.17, 15) is 48.7 Å². The van der Waals surface area contributed by atoms with E-state index in [-0.39, 0.29) is 37.0 Å². The zero-order valence-corrected chi connectivity index (χ0v) is 31.7. The fraction of sp³-hybridized carbons (Fsp3) is 0.611. The highest BCUT2D eigenvalue weighted by molar-refractivity contribution is 5.96. The van der Waals surface area contributed by atoms with Crippen LogP contribution in [0.15, 0.2) is 30.3 Å². The molecular formula is C36H55N7O11. The lowest BCUT2D eigenvalue weighted by Crippen LogP contribution is -2.61. The van der Waals surface area contributed by atoms with Crippen LogP contribution in [0.1, 0.15) is 98.1 Å². The normalized spacial score (nSPS) is 16.6. The molecule has 0 unspecified atom stereocenters. The Labute approximate surface area is 314 Å². The van der Waals surface area contributed by atoms with Crippen molar-refractivity contribution in [1.82, 2.24) is 36.3 Å². The molecule has 7 N–H and O–H groups in total. The quantitative estimate of drug-likeness (QED) is 0.0790. The molecular weight excluding hydrogens is 706 g/mol. The number of rotatable bonds is 19. The van der Waals surface area contributed by atoms with E-state index in [1.165, 1.54) is 9.91 Å². The van der Waals surface area contributed by atoms with Gasteiger partial charge in [-0.25, -0.2) is 14.9 Å². The number of benzene rings is 1. The summed E-state index contributed by atoms with van der Waals surface area (Å²) in [6.07, 6.45) is -0.606. The highest BCUT2D eigenvalue weighted by Crippen LogP contribution is 2.22. The van der Waals surface area contributed by atoms with Gasteiger partial charge in [0.05, 0.1) is 18.9 Å². The Kier molecular flexibility index (Phi) is 17.8. The number of aliphatic carboxylic acids is 2. The summed E-state index contributed by atoms with van der Waals surface area (Å²) in [5.41, 5.74) is 3.52. The molecule has 0 aliphatic carbocycles. The standard InChI is InChI=1S/C36H55N7O11/c1-7-18-42(36(53)37-23(6)24-13-10-9-11-14-24)40-32(49)26-15-12-19-41(26)35(52)30(21(3)4)39-33(50)31(22(5)8-2)43(54)34(51)25(20-29(47)48)38-27(44)16-17-28(45)46/h9-11,13-14,21-23,25-26,30-31,54H,7-8,12,15-20H2,1-6H3,(H,37,53)(H,38,44)(H,39,50)(H,40,49)(H,45,46)(H,47,48)/t22-,23-,25+,26-,30-,31-/m0/s1. The summed E-state index contributed by atoms with van der Waals surface area (Å²) in [4.78, 5) is 104. The summed E-state index contributed by atoms with van der Waals surface area (Å²) in [6, 6.07) is 2.71. The lowest BCUT2D eigenvalue weighted by atomic mass is 9.95. The number of carboxylic acid groups (broad SMARTS) is 2. The van der Waals surface area contributed by atoms with Crippen molar-refractivity contribution in [3.05, 3.63) is 35.9 Å². The molecule has 0 aromatic heterocycles. The van der Waals surface area contributed by atoms with Gasteiger partial charge in [0.1, 0.15) is 24.2 Å². The zero-order chi connectivity index (χ0) is 40.7. The van der Waals surface area contributed by atoms with Gasteiger partial charge in [0.2, 0.25) is 17.7 Å². The lowest BCUT2D eigenvalue weighted by Gasteiger charge is -2.35. The van der Waals surface area contributed by atoms with Gasteiger partial charge in [0, 0.05) is 19.5 Å². The van der Waals surface area contributed by atoms with Gasteiger partial charge in [-0.2, -0.15) is 0 Å². The number of amides is 7. The molecule has 18 heteroatoms. The van der Waals surface area contributed by atoms with Gasteiger partial charge in [-0.1, -0.05) is 71.4 Å². The number of carbonyl (C=O) groups excluding carboxylic acids is 6. The van der Waals surface area contributed by atoms with Crippen molar-refractivity contribution in [3.63, 3.8) is 0 Å². The maximum atomic E-state index is 14.1. The van der Waals surface area contributed by atoms with E-state index in [2.05, 4.69) is 21.4 Å². The number of hydrogen-bond donors (Lipinski definition) is 7. The van der Waals surface area contributed by atoms with E-state index in [1.807, 2.05) is 44.2 Å². The molecule has 1 fully saturated rings. The maximum Gasteiger partial charge on any atom is 0.336 e. The number of carboxylic acids is 2. The van der Waals surface area contributed by atoms with Gasteiger partial charge in [0.25, 0.3) is 11.8 Å². The van der Waals surface area contributed by atoms with E-state index in [1.54, 1.807) is 27.7 Å². The van der Waals surface area contributed by atoms with E-state index >= 15 is 0 Å². The number of carbonyl (C=O) groups is 8. The van der Waals surface area contributed by atoms with Crippen LogP contribution in [0.3, 0.4) is 0 Å². The number of likely N-dealkylation sites (tertiary alicyclic amines) is 1. The molecule has 1 aromatic rings. The van der Waals surface area contributed by atoms with Gasteiger partial charge in [-0.3, -0.25) is 44.2 Å². The Balaban J connectivity index is 2.25. The van der Waals surface area contributed by atoms with Crippen molar-refractivity contribution in [2.75, 3.05) is 13.1 Å². The molecule has 0 bridgehead atoms. The van der Waals surface area contributed by atoms with Crippen molar-refractivity contribution < 1.29 is 53.8 Å². The second-order valence-electron chi connectivity index (χ2n) is 13.8. The van der Waals surface area contributed by atoms with Crippen LogP contribution in [0.25, 0.3) is 0 Å². The highest BCUT2D eigenvalue weighted by atomic mass is 16.5. The van der Waals surface area contributed by atoms with Crippen LogP contribution in [0.4, 0.5) is 4.79 Å². The van der Waals surface area contributed by atoms with Crippen LogP contribution in [-0.4, -0.2) is 115 Å². The molecule has 1 heterocycles. The summed E-state index contributed by atoms with van der Waals surface area (Å²) in [5.74, 6) is -8.51. The van der Waals surface area contributed by atoms with E-state index < -0.39 is 103 Å². The Morgan fingerprint density at radius 3 is 2.09 bits per heavy atom. The molecule has 6 atom stereocenters. The third kappa shape index (κ3) is 13.0. The number of hydrazine groups is 1. The van der Waals surface area contributed by atoms with Crippen LogP contribution >= 0.6 is 0 Å². The van der Waals surface area contributed by atoms with Gasteiger partial charge >= 0.3 is 18.0 Å². The Morgan fingerprint density at radius 2 is 1.54 bits per heavy atom. The van der Waals surface area contributed by atoms with E-state index in [0.29, 0.717) is 12.8 Å². The number of nitrogens with one attached hydrogen (secondary N) is 4. The second-order valence-corrected chi connectivity index (χ2v) is 13.8. The third-order valence-electron chi connectivity index (χ3n) is 9.16. The molecule has 1 saturated heterocycles. The van der Waals surface area contributed by atoms with Gasteiger partial charge in [-0.15, -0.1) is 0 Å². The zero-order valence-electron chi connectivity index (χ0n) is 31.7. The van der Waals surface area contributed by atoms with Crippen LogP contribution in [0.2, 0.25) is 0 Å². The number of hydroxylamine groups is 2. The average Bonchev–Trinajstić information content (AvgIpc) is 3.62. The number of urea groups is 1. The minimum Gasteiger partial charge on any atom is -0.481 e.